The van der Waals surface area contributed by atoms with Crippen LogP contribution in [-0.4, -0.2) is 31.8 Å². The highest BCUT2D eigenvalue weighted by Gasteiger charge is 2.39. The van der Waals surface area contributed by atoms with E-state index in [1.807, 2.05) is 30.7 Å². The van der Waals surface area contributed by atoms with Gasteiger partial charge in [0.1, 0.15) is 23.5 Å². The number of nitrogen functional groups attached to an aromatic ring is 1. The van der Waals surface area contributed by atoms with Crippen molar-refractivity contribution in [3.05, 3.63) is 18.1 Å². The average molecular weight is 302 g/mol. The Bertz CT molecular complexity index is 704. The van der Waals surface area contributed by atoms with Crippen molar-refractivity contribution < 1.29 is 9.84 Å². The molecule has 22 heavy (non-hydrogen) atoms. The van der Waals surface area contributed by atoms with Gasteiger partial charge in [0.2, 0.25) is 0 Å². The zero-order valence-corrected chi connectivity index (χ0v) is 13.2. The summed E-state index contributed by atoms with van der Waals surface area (Å²) in [5.41, 5.74) is 5.73. The first-order valence-corrected chi connectivity index (χ1v) is 7.46. The minimum Gasteiger partial charge on any atom is -0.392 e. The molecule has 2 atom stereocenters. The molecule has 3 rings (SSSR count). The molecule has 3 heterocycles. The third-order valence-corrected chi connectivity index (χ3v) is 3.70. The molecule has 1 fully saturated rings. The van der Waals surface area contributed by atoms with Gasteiger partial charge in [-0.15, -0.1) is 6.42 Å². The van der Waals surface area contributed by atoms with E-state index in [0.29, 0.717) is 18.1 Å². The number of nitrogens with zero attached hydrogens (tertiary/aromatic N) is 3. The predicted octanol–water partition coefficient (Wildman–Crippen LogP) is 2.02. The number of nitrogens with two attached hydrogens (primary N) is 1. The molecule has 0 bridgehead atoms. The molecule has 0 aromatic carbocycles. The molecule has 6 heteroatoms. The quantitative estimate of drug-likeness (QED) is 0.829. The first-order valence-electron chi connectivity index (χ1n) is 7.46. The van der Waals surface area contributed by atoms with Crippen LogP contribution in [0.15, 0.2) is 12.3 Å². The zero-order chi connectivity index (χ0) is 16.3. The number of aliphatic hydroxyl groups is 1. The van der Waals surface area contributed by atoms with Crippen LogP contribution >= 0.6 is 0 Å². The van der Waals surface area contributed by atoms with Crippen LogP contribution in [0, 0.1) is 19.3 Å². The van der Waals surface area contributed by atoms with Crippen molar-refractivity contribution in [2.45, 2.75) is 45.4 Å². The molecule has 2 aromatic heterocycles. The molecular weight excluding hydrogens is 280 g/mol. The predicted molar refractivity (Wildman–Crippen MR) is 86.0 cm³/mol. The summed E-state index contributed by atoms with van der Waals surface area (Å²) in [7, 11) is 0. The van der Waals surface area contributed by atoms with E-state index in [2.05, 4.69) is 15.9 Å². The second-order valence-electron chi connectivity index (χ2n) is 5.02. The Morgan fingerprint density at radius 1 is 1.55 bits per heavy atom. The Morgan fingerprint density at radius 3 is 2.86 bits per heavy atom. The minimum atomic E-state index is -0.894. The fourth-order valence-corrected chi connectivity index (χ4v) is 2.60. The lowest BCUT2D eigenvalue weighted by Gasteiger charge is -2.21. The average Bonchev–Trinajstić information content (AvgIpc) is 3.13. The van der Waals surface area contributed by atoms with Crippen molar-refractivity contribution in [2.75, 3.05) is 12.3 Å². The maximum absolute atomic E-state index is 9.41. The van der Waals surface area contributed by atoms with E-state index >= 15 is 0 Å². The lowest BCUT2D eigenvalue weighted by molar-refractivity contribution is -0.0615. The molecule has 0 amide bonds. The van der Waals surface area contributed by atoms with Crippen LogP contribution in [0.5, 0.6) is 0 Å². The van der Waals surface area contributed by atoms with Crippen molar-refractivity contribution >= 4 is 16.9 Å². The van der Waals surface area contributed by atoms with Gasteiger partial charge in [0.15, 0.2) is 5.60 Å². The van der Waals surface area contributed by atoms with Gasteiger partial charge in [-0.2, -0.15) is 0 Å². The second kappa shape index (κ2) is 6.34. The van der Waals surface area contributed by atoms with E-state index < -0.39 is 5.60 Å². The normalized spacial score (nSPS) is 23.9. The van der Waals surface area contributed by atoms with Gasteiger partial charge in [-0.25, -0.2) is 9.97 Å². The van der Waals surface area contributed by atoms with Crippen LogP contribution in [0.1, 0.15) is 38.7 Å². The first kappa shape index (κ1) is 16.3. The molecule has 0 spiro atoms. The fraction of sp³-hybridized carbons (Fsp3) is 0.500. The third kappa shape index (κ3) is 2.65. The zero-order valence-electron chi connectivity index (χ0n) is 13.2. The molecule has 0 radical (unpaired) electrons. The Balaban J connectivity index is 0.000000847. The van der Waals surface area contributed by atoms with Gasteiger partial charge in [0.05, 0.1) is 12.0 Å². The van der Waals surface area contributed by atoms with Crippen LogP contribution in [0.25, 0.3) is 11.0 Å². The first-order chi connectivity index (χ1) is 10.6. The minimum absolute atomic E-state index is 0.185. The van der Waals surface area contributed by atoms with E-state index in [1.165, 1.54) is 0 Å². The summed E-state index contributed by atoms with van der Waals surface area (Å²) in [5.74, 6) is 3.61. The summed E-state index contributed by atoms with van der Waals surface area (Å²) < 4.78 is 7.75. The van der Waals surface area contributed by atoms with Gasteiger partial charge in [0.25, 0.3) is 0 Å². The Morgan fingerprint density at radius 2 is 2.27 bits per heavy atom. The number of anilines is 1. The van der Waals surface area contributed by atoms with E-state index in [9.17, 15) is 5.11 Å². The number of rotatable bonds is 2. The lowest BCUT2D eigenvalue weighted by Crippen LogP contribution is -2.31. The van der Waals surface area contributed by atoms with Crippen molar-refractivity contribution in [1.82, 2.24) is 14.5 Å². The molecule has 1 saturated heterocycles. The molecule has 118 valence electrons. The molecule has 2 aromatic rings. The van der Waals surface area contributed by atoms with Gasteiger partial charge < -0.3 is 20.1 Å². The van der Waals surface area contributed by atoms with Crippen LogP contribution < -0.4 is 5.73 Å². The highest BCUT2D eigenvalue weighted by molar-refractivity contribution is 5.86. The summed E-state index contributed by atoms with van der Waals surface area (Å²) in [4.78, 5) is 8.56. The largest absolute Gasteiger partial charge is 0.392 e. The maximum Gasteiger partial charge on any atom is 0.153 e. The van der Waals surface area contributed by atoms with Crippen LogP contribution in [0.3, 0.4) is 0 Å². The monoisotopic (exact) mass is 302 g/mol. The SMILES string of the molecule is C#CC1(CO)CCC(n2ccc3c(N)nc(C)nc32)O1.CC. The van der Waals surface area contributed by atoms with Gasteiger partial charge in [0, 0.05) is 6.20 Å². The van der Waals surface area contributed by atoms with E-state index in [4.69, 9.17) is 16.9 Å². The van der Waals surface area contributed by atoms with Crippen LogP contribution in [-0.2, 0) is 4.74 Å². The Labute approximate surface area is 130 Å². The number of aliphatic hydroxyl groups excluding tert-OH is 1. The number of aryl methyl sites for hydroxylation is 1. The van der Waals surface area contributed by atoms with Crippen molar-refractivity contribution in [3.8, 4) is 12.3 Å². The van der Waals surface area contributed by atoms with Gasteiger partial charge in [-0.05, 0) is 25.8 Å². The number of hydrogen-bond donors (Lipinski definition) is 2. The molecule has 6 nitrogen and oxygen atoms in total. The van der Waals surface area contributed by atoms with Crippen LogP contribution in [0.2, 0.25) is 0 Å². The molecule has 0 aliphatic carbocycles. The van der Waals surface area contributed by atoms with E-state index in [1.54, 1.807) is 6.92 Å². The van der Waals surface area contributed by atoms with Crippen molar-refractivity contribution in [1.29, 1.82) is 0 Å². The summed E-state index contributed by atoms with van der Waals surface area (Å²) in [6.45, 7) is 5.61. The third-order valence-electron chi connectivity index (χ3n) is 3.70. The van der Waals surface area contributed by atoms with E-state index in [-0.39, 0.29) is 12.8 Å². The molecular formula is C16H22N4O2. The summed E-state index contributed by atoms with van der Waals surface area (Å²) in [6.07, 6.45) is 8.42. The topological polar surface area (TPSA) is 86.2 Å². The lowest BCUT2D eigenvalue weighted by atomic mass is 10.0. The van der Waals surface area contributed by atoms with E-state index in [0.717, 1.165) is 17.5 Å². The molecule has 1 aliphatic rings. The Hall–Kier alpha value is -2.10. The van der Waals surface area contributed by atoms with Crippen molar-refractivity contribution in [2.24, 2.45) is 0 Å². The highest BCUT2D eigenvalue weighted by Crippen LogP contribution is 2.37. The highest BCUT2D eigenvalue weighted by atomic mass is 16.5. The standard InChI is InChI=1S/C14H16N4O2.C2H6/c1-3-14(8-19)6-4-11(20-14)18-7-5-10-12(15)16-9(2)17-13(10)18;1-2/h1,5,7,11,19H,4,6,8H2,2H3,(H2,15,16,17);1-2H3. The van der Waals surface area contributed by atoms with Gasteiger partial charge in [-0.1, -0.05) is 19.8 Å². The molecule has 1 aliphatic heterocycles. The fourth-order valence-electron chi connectivity index (χ4n) is 2.60. The summed E-state index contributed by atoms with van der Waals surface area (Å²) in [6, 6.07) is 1.86. The molecule has 2 unspecified atom stereocenters. The van der Waals surface area contributed by atoms with Crippen molar-refractivity contribution in [3.63, 3.8) is 0 Å². The number of aromatic nitrogens is 3. The molecule has 0 saturated carbocycles. The van der Waals surface area contributed by atoms with Gasteiger partial charge >= 0.3 is 0 Å². The maximum atomic E-state index is 9.41. The number of fused-ring (bicyclic) bond motifs is 1. The Kier molecular flexibility index (Phi) is 4.69. The smallest absolute Gasteiger partial charge is 0.153 e. The van der Waals surface area contributed by atoms with Crippen LogP contribution in [0.4, 0.5) is 5.82 Å². The summed E-state index contributed by atoms with van der Waals surface area (Å²) in [5, 5.41) is 10.2. The summed E-state index contributed by atoms with van der Waals surface area (Å²) >= 11 is 0. The van der Waals surface area contributed by atoms with Gasteiger partial charge in [-0.3, -0.25) is 0 Å². The second-order valence-corrected chi connectivity index (χ2v) is 5.02. The molecule has 3 N–H and O–H groups in total. The number of ether oxygens (including phenoxy) is 1. The number of terminal acetylenes is 1. The number of hydrogen-bond acceptors (Lipinski definition) is 5.